The van der Waals surface area contributed by atoms with Crippen molar-refractivity contribution in [2.75, 3.05) is 25.0 Å². The second kappa shape index (κ2) is 8.23. The molecule has 1 amide bonds. The van der Waals surface area contributed by atoms with E-state index in [1.807, 2.05) is 28.8 Å². The third-order valence-electron chi connectivity index (χ3n) is 4.89. The minimum atomic E-state index is 0.106. The topological polar surface area (TPSA) is 36.4 Å². The Labute approximate surface area is 168 Å². The lowest BCUT2D eigenvalue weighted by Crippen LogP contribution is -2.29. The zero-order chi connectivity index (χ0) is 18.6. The monoisotopic (exact) mass is 397 g/mol. The lowest BCUT2D eigenvalue weighted by atomic mass is 10.1. The maximum absolute atomic E-state index is 12.7. The number of hydrogen-bond acceptors (Lipinski definition) is 5. The fraction of sp³-hybridized carbons (Fsp3) is 0.333. The number of thiophene rings is 1. The Hall–Kier alpha value is -2.18. The maximum Gasteiger partial charge on any atom is 0.228 e. The molecule has 0 bridgehead atoms. The van der Waals surface area contributed by atoms with Gasteiger partial charge in [-0.15, -0.1) is 22.7 Å². The Bertz CT molecular complexity index is 898. The third-order valence-corrected chi connectivity index (χ3v) is 6.82. The smallest absolute Gasteiger partial charge is 0.228 e. The molecule has 1 aromatic carbocycles. The molecule has 1 aliphatic heterocycles. The van der Waals surface area contributed by atoms with Gasteiger partial charge in [-0.1, -0.05) is 24.3 Å². The van der Waals surface area contributed by atoms with Gasteiger partial charge in [-0.05, 0) is 35.9 Å². The molecule has 4 nitrogen and oxygen atoms in total. The van der Waals surface area contributed by atoms with Gasteiger partial charge in [0.25, 0.3) is 0 Å². The first-order chi connectivity index (χ1) is 13.2. The summed E-state index contributed by atoms with van der Waals surface area (Å²) in [4.78, 5) is 22.8. The van der Waals surface area contributed by atoms with E-state index in [2.05, 4.69) is 40.2 Å². The van der Waals surface area contributed by atoms with Crippen LogP contribution in [0.15, 0.2) is 47.2 Å². The molecule has 0 spiro atoms. The standard InChI is InChI=1S/C21H23N3OS2/c1-23(14-16-7-2-3-8-18(16)24-10-4-5-11-24)20(25)13-17-15-27-21(22-17)19-9-6-12-26-19/h2-3,6-9,12,15H,4-5,10-11,13-14H2,1H3. The van der Waals surface area contributed by atoms with Crippen molar-refractivity contribution in [3.05, 3.63) is 58.4 Å². The quantitative estimate of drug-likeness (QED) is 0.606. The molecule has 0 atom stereocenters. The highest BCUT2D eigenvalue weighted by atomic mass is 32.1. The van der Waals surface area contributed by atoms with Crippen molar-refractivity contribution in [1.82, 2.24) is 9.88 Å². The first-order valence-electron chi connectivity index (χ1n) is 9.26. The number of carbonyl (C=O) groups excluding carboxylic acids is 1. The summed E-state index contributed by atoms with van der Waals surface area (Å²) in [7, 11) is 1.88. The van der Waals surface area contributed by atoms with Crippen molar-refractivity contribution in [1.29, 1.82) is 0 Å². The van der Waals surface area contributed by atoms with E-state index in [1.54, 1.807) is 22.7 Å². The number of nitrogens with zero attached hydrogens (tertiary/aromatic N) is 3. The second-order valence-corrected chi connectivity index (χ2v) is 8.68. The first-order valence-corrected chi connectivity index (χ1v) is 11.0. The summed E-state index contributed by atoms with van der Waals surface area (Å²) in [5.74, 6) is 0.106. The molecule has 27 heavy (non-hydrogen) atoms. The van der Waals surface area contributed by atoms with E-state index >= 15 is 0 Å². The molecule has 0 aliphatic carbocycles. The number of anilines is 1. The van der Waals surface area contributed by atoms with Gasteiger partial charge in [-0.25, -0.2) is 4.98 Å². The van der Waals surface area contributed by atoms with Crippen LogP contribution in [0.1, 0.15) is 24.1 Å². The molecule has 4 rings (SSSR count). The van der Waals surface area contributed by atoms with Crippen LogP contribution >= 0.6 is 22.7 Å². The number of thiazole rings is 1. The van der Waals surface area contributed by atoms with Crippen LogP contribution in [0.5, 0.6) is 0 Å². The lowest BCUT2D eigenvalue weighted by molar-refractivity contribution is -0.129. The lowest BCUT2D eigenvalue weighted by Gasteiger charge is -2.24. The maximum atomic E-state index is 12.7. The van der Waals surface area contributed by atoms with Crippen molar-refractivity contribution < 1.29 is 4.79 Å². The van der Waals surface area contributed by atoms with Gasteiger partial charge in [0.2, 0.25) is 5.91 Å². The Balaban J connectivity index is 1.41. The molecule has 1 fully saturated rings. The van der Waals surface area contributed by atoms with Crippen LogP contribution in [0.25, 0.3) is 9.88 Å². The molecule has 0 radical (unpaired) electrons. The summed E-state index contributed by atoms with van der Waals surface area (Å²) in [6.45, 7) is 2.85. The van der Waals surface area contributed by atoms with E-state index in [4.69, 9.17) is 0 Å². The molecule has 6 heteroatoms. The fourth-order valence-corrected chi connectivity index (χ4v) is 5.08. The van der Waals surface area contributed by atoms with E-state index in [1.165, 1.54) is 24.1 Å². The highest BCUT2D eigenvalue weighted by Crippen LogP contribution is 2.28. The molecule has 1 saturated heterocycles. The van der Waals surface area contributed by atoms with Crippen LogP contribution < -0.4 is 4.90 Å². The van der Waals surface area contributed by atoms with Crippen LogP contribution in [0, 0.1) is 0 Å². The van der Waals surface area contributed by atoms with Gasteiger partial charge in [-0.2, -0.15) is 0 Å². The van der Waals surface area contributed by atoms with Crippen LogP contribution in [-0.4, -0.2) is 35.9 Å². The van der Waals surface area contributed by atoms with Gasteiger partial charge >= 0.3 is 0 Å². The van der Waals surface area contributed by atoms with Crippen LogP contribution in [-0.2, 0) is 17.8 Å². The molecular formula is C21H23N3OS2. The summed E-state index contributed by atoms with van der Waals surface area (Å²) < 4.78 is 0. The molecule has 3 heterocycles. The van der Waals surface area contributed by atoms with Crippen molar-refractivity contribution in [3.63, 3.8) is 0 Å². The summed E-state index contributed by atoms with van der Waals surface area (Å²) in [5, 5.41) is 5.04. The molecule has 0 unspecified atom stereocenters. The van der Waals surface area contributed by atoms with Gasteiger partial charge < -0.3 is 9.80 Å². The number of likely N-dealkylation sites (N-methyl/N-ethyl adjacent to an activating group) is 1. The molecule has 3 aromatic rings. The number of rotatable bonds is 6. The molecule has 1 aliphatic rings. The number of aromatic nitrogens is 1. The van der Waals surface area contributed by atoms with Crippen molar-refractivity contribution in [2.24, 2.45) is 0 Å². The molecule has 140 valence electrons. The Kier molecular flexibility index (Phi) is 5.55. The zero-order valence-electron chi connectivity index (χ0n) is 15.4. The van der Waals surface area contributed by atoms with Crippen LogP contribution in [0.3, 0.4) is 0 Å². The highest BCUT2D eigenvalue weighted by Gasteiger charge is 2.18. The highest BCUT2D eigenvalue weighted by molar-refractivity contribution is 7.20. The molecule has 2 aromatic heterocycles. The van der Waals surface area contributed by atoms with Crippen molar-refractivity contribution >= 4 is 34.3 Å². The van der Waals surface area contributed by atoms with Gasteiger partial charge in [0.15, 0.2) is 0 Å². The minimum Gasteiger partial charge on any atom is -0.371 e. The SMILES string of the molecule is CN(Cc1ccccc1N1CCCC1)C(=O)Cc1csc(-c2cccs2)n1. The first kappa shape index (κ1) is 18.2. The average molecular weight is 398 g/mol. The van der Waals surface area contributed by atoms with Gasteiger partial charge in [0.05, 0.1) is 17.0 Å². The summed E-state index contributed by atoms with van der Waals surface area (Å²) in [6.07, 6.45) is 2.85. The number of benzene rings is 1. The van der Waals surface area contributed by atoms with Gasteiger partial charge in [0, 0.05) is 37.7 Å². The van der Waals surface area contributed by atoms with E-state index in [0.717, 1.165) is 28.7 Å². The van der Waals surface area contributed by atoms with E-state index in [0.29, 0.717) is 13.0 Å². The van der Waals surface area contributed by atoms with Crippen molar-refractivity contribution in [3.8, 4) is 9.88 Å². The van der Waals surface area contributed by atoms with Gasteiger partial charge in [-0.3, -0.25) is 4.79 Å². The molecular weight excluding hydrogens is 374 g/mol. The average Bonchev–Trinajstić information content (AvgIpc) is 3.43. The third kappa shape index (κ3) is 4.22. The molecule has 0 saturated carbocycles. The minimum absolute atomic E-state index is 0.106. The van der Waals surface area contributed by atoms with E-state index in [9.17, 15) is 4.79 Å². The predicted octanol–water partition coefficient (Wildman–Crippen LogP) is 4.67. The fourth-order valence-electron chi connectivity index (χ4n) is 3.45. The van der Waals surface area contributed by atoms with Crippen molar-refractivity contribution in [2.45, 2.75) is 25.8 Å². The Morgan fingerprint density at radius 3 is 2.74 bits per heavy atom. The second-order valence-electron chi connectivity index (χ2n) is 6.87. The largest absolute Gasteiger partial charge is 0.371 e. The van der Waals surface area contributed by atoms with E-state index in [-0.39, 0.29) is 5.91 Å². The summed E-state index contributed by atoms with van der Waals surface area (Å²) in [6, 6.07) is 12.5. The Morgan fingerprint density at radius 1 is 1.15 bits per heavy atom. The summed E-state index contributed by atoms with van der Waals surface area (Å²) >= 11 is 3.28. The number of hydrogen-bond donors (Lipinski definition) is 0. The summed E-state index contributed by atoms with van der Waals surface area (Å²) in [5.41, 5.74) is 3.34. The zero-order valence-corrected chi connectivity index (χ0v) is 17.1. The Morgan fingerprint density at radius 2 is 1.96 bits per heavy atom. The normalized spacial score (nSPS) is 13.9. The number of amides is 1. The number of para-hydroxylation sites is 1. The molecule has 0 N–H and O–H groups in total. The predicted molar refractivity (Wildman–Crippen MR) is 113 cm³/mol. The van der Waals surface area contributed by atoms with Crippen LogP contribution in [0.4, 0.5) is 5.69 Å². The van der Waals surface area contributed by atoms with Crippen LogP contribution in [0.2, 0.25) is 0 Å². The van der Waals surface area contributed by atoms with E-state index < -0.39 is 0 Å². The van der Waals surface area contributed by atoms with Gasteiger partial charge in [0.1, 0.15) is 5.01 Å². The number of carbonyl (C=O) groups is 1.